The second kappa shape index (κ2) is 5.61. The summed E-state index contributed by atoms with van der Waals surface area (Å²) in [5.41, 5.74) is 2.38. The first-order valence-electron chi connectivity index (χ1n) is 6.68. The Bertz CT molecular complexity index is 543. The predicted octanol–water partition coefficient (Wildman–Crippen LogP) is 4.77. The van der Waals surface area contributed by atoms with Crippen molar-refractivity contribution in [2.24, 2.45) is 0 Å². The van der Waals surface area contributed by atoms with Crippen molar-refractivity contribution in [1.82, 2.24) is 0 Å². The van der Waals surface area contributed by atoms with Gasteiger partial charge in [0, 0.05) is 11.1 Å². The molecule has 0 aliphatic rings. The van der Waals surface area contributed by atoms with E-state index in [-0.39, 0.29) is 16.6 Å². The third-order valence-corrected chi connectivity index (χ3v) is 3.33. The molecule has 1 N–H and O–H groups in total. The van der Waals surface area contributed by atoms with Crippen molar-refractivity contribution in [2.75, 3.05) is 0 Å². The molecule has 20 heavy (non-hydrogen) atoms. The van der Waals surface area contributed by atoms with Crippen LogP contribution in [0.1, 0.15) is 58.2 Å². The lowest BCUT2D eigenvalue weighted by Crippen LogP contribution is -2.17. The Morgan fingerprint density at radius 3 is 2.05 bits per heavy atom. The van der Waals surface area contributed by atoms with E-state index in [1.807, 2.05) is 12.1 Å². The maximum absolute atomic E-state index is 10.9. The molecule has 2 nitrogen and oxygen atoms in total. The van der Waals surface area contributed by atoms with Gasteiger partial charge in [-0.1, -0.05) is 47.6 Å². The lowest BCUT2D eigenvalue weighted by molar-refractivity contribution is -0.107. The summed E-state index contributed by atoms with van der Waals surface area (Å²) in [6.45, 7) is 12.5. The van der Waals surface area contributed by atoms with Crippen LogP contribution in [0.3, 0.4) is 0 Å². The molecule has 0 amide bonds. The van der Waals surface area contributed by atoms with E-state index in [0.717, 1.165) is 11.1 Å². The maximum Gasteiger partial charge on any atom is 0.245 e. The van der Waals surface area contributed by atoms with E-state index in [1.165, 1.54) is 6.08 Å². The summed E-state index contributed by atoms with van der Waals surface area (Å²) >= 11 is 5.33. The molecule has 3 heteroatoms. The normalized spacial score (nSPS) is 12.9. The van der Waals surface area contributed by atoms with E-state index in [9.17, 15) is 9.90 Å². The Labute approximate surface area is 126 Å². The molecule has 0 saturated carbocycles. The molecule has 0 saturated heterocycles. The van der Waals surface area contributed by atoms with E-state index in [2.05, 4.69) is 41.5 Å². The standard InChI is InChI=1S/C17H23ClO2/c1-16(2,3)12-9-11(7-8-14(18)19)15(20)13(10-12)17(4,5)6/h7-10,20H,1-6H3. The van der Waals surface area contributed by atoms with Gasteiger partial charge in [0.05, 0.1) is 0 Å². The molecule has 0 fully saturated rings. The first kappa shape index (κ1) is 16.8. The number of carbonyl (C=O) groups excluding carboxylic acids is 1. The molecule has 0 aromatic heterocycles. The van der Waals surface area contributed by atoms with Crippen LogP contribution >= 0.6 is 11.6 Å². The van der Waals surface area contributed by atoms with Gasteiger partial charge in [0.25, 0.3) is 0 Å². The van der Waals surface area contributed by atoms with Gasteiger partial charge in [-0.3, -0.25) is 4.79 Å². The summed E-state index contributed by atoms with van der Waals surface area (Å²) in [5.74, 6) is 0.208. The second-order valence-electron chi connectivity index (χ2n) is 7.10. The summed E-state index contributed by atoms with van der Waals surface area (Å²) in [6, 6.07) is 3.94. The lowest BCUT2D eigenvalue weighted by Gasteiger charge is -2.27. The van der Waals surface area contributed by atoms with Crippen LogP contribution in [0, 0.1) is 0 Å². The van der Waals surface area contributed by atoms with Gasteiger partial charge < -0.3 is 5.11 Å². The molecule has 0 aliphatic heterocycles. The Balaban J connectivity index is 3.55. The van der Waals surface area contributed by atoms with Crippen LogP contribution in [-0.2, 0) is 15.6 Å². The van der Waals surface area contributed by atoms with Crippen LogP contribution in [0.4, 0.5) is 0 Å². The number of hydrogen-bond acceptors (Lipinski definition) is 2. The van der Waals surface area contributed by atoms with Crippen LogP contribution in [0.2, 0.25) is 0 Å². The first-order chi connectivity index (χ1) is 8.93. The Kier molecular flexibility index (Phi) is 4.70. The monoisotopic (exact) mass is 294 g/mol. The molecular formula is C17H23ClO2. The molecule has 0 aliphatic carbocycles. The largest absolute Gasteiger partial charge is 0.507 e. The highest BCUT2D eigenvalue weighted by Crippen LogP contribution is 2.38. The molecule has 1 aromatic rings. The van der Waals surface area contributed by atoms with E-state index in [0.29, 0.717) is 5.56 Å². The topological polar surface area (TPSA) is 37.3 Å². The fourth-order valence-corrected chi connectivity index (χ4v) is 2.01. The molecule has 0 unspecified atom stereocenters. The zero-order chi connectivity index (χ0) is 15.7. The molecule has 1 rings (SSSR count). The molecule has 0 bridgehead atoms. The minimum Gasteiger partial charge on any atom is -0.507 e. The minimum atomic E-state index is -0.553. The van der Waals surface area contributed by atoms with E-state index in [4.69, 9.17) is 11.6 Å². The van der Waals surface area contributed by atoms with Crippen molar-refractivity contribution < 1.29 is 9.90 Å². The summed E-state index contributed by atoms with van der Waals surface area (Å²) in [7, 11) is 0. The van der Waals surface area contributed by atoms with Crippen molar-refractivity contribution in [3.8, 4) is 5.75 Å². The smallest absolute Gasteiger partial charge is 0.245 e. The number of phenolic OH excluding ortho intramolecular Hbond substituents is 1. The SMILES string of the molecule is CC(C)(C)c1cc(C=CC(=O)Cl)c(O)c(C(C)(C)C)c1. The van der Waals surface area contributed by atoms with Gasteiger partial charge in [-0.05, 0) is 46.2 Å². The highest BCUT2D eigenvalue weighted by molar-refractivity contribution is 6.66. The highest BCUT2D eigenvalue weighted by Gasteiger charge is 2.24. The van der Waals surface area contributed by atoms with Crippen LogP contribution in [-0.4, -0.2) is 10.3 Å². The van der Waals surface area contributed by atoms with Crippen LogP contribution in [0.15, 0.2) is 18.2 Å². The number of rotatable bonds is 2. The predicted molar refractivity (Wildman–Crippen MR) is 85.4 cm³/mol. The highest BCUT2D eigenvalue weighted by atomic mass is 35.5. The molecule has 0 spiro atoms. The van der Waals surface area contributed by atoms with Crippen molar-refractivity contribution in [1.29, 1.82) is 0 Å². The Morgan fingerprint density at radius 1 is 1.10 bits per heavy atom. The van der Waals surface area contributed by atoms with Gasteiger partial charge in [-0.2, -0.15) is 0 Å². The summed E-state index contributed by atoms with van der Waals surface area (Å²) in [6.07, 6.45) is 2.82. The zero-order valence-electron chi connectivity index (χ0n) is 13.0. The zero-order valence-corrected chi connectivity index (χ0v) is 13.8. The molecule has 0 radical (unpaired) electrons. The average Bonchev–Trinajstić information content (AvgIpc) is 2.24. The van der Waals surface area contributed by atoms with Crippen molar-refractivity contribution >= 4 is 22.9 Å². The summed E-state index contributed by atoms with van der Waals surface area (Å²) in [5, 5.41) is 9.87. The number of phenols is 1. The average molecular weight is 295 g/mol. The number of allylic oxidation sites excluding steroid dienone is 1. The number of benzene rings is 1. The quantitative estimate of drug-likeness (QED) is 0.630. The fourth-order valence-electron chi connectivity index (χ4n) is 1.94. The lowest BCUT2D eigenvalue weighted by atomic mass is 9.79. The van der Waals surface area contributed by atoms with Gasteiger partial charge in [0.1, 0.15) is 5.75 Å². The van der Waals surface area contributed by atoms with E-state index >= 15 is 0 Å². The van der Waals surface area contributed by atoms with Crippen molar-refractivity contribution in [3.63, 3.8) is 0 Å². The Morgan fingerprint density at radius 2 is 1.65 bits per heavy atom. The number of hydrogen-bond donors (Lipinski definition) is 1. The van der Waals surface area contributed by atoms with Gasteiger partial charge in [-0.25, -0.2) is 0 Å². The molecule has 0 heterocycles. The minimum absolute atomic E-state index is 0.0404. The van der Waals surface area contributed by atoms with E-state index in [1.54, 1.807) is 6.08 Å². The second-order valence-corrected chi connectivity index (χ2v) is 7.47. The van der Waals surface area contributed by atoms with Gasteiger partial charge in [-0.15, -0.1) is 0 Å². The van der Waals surface area contributed by atoms with Crippen LogP contribution in [0.5, 0.6) is 5.75 Å². The third-order valence-electron chi connectivity index (χ3n) is 3.21. The number of carbonyl (C=O) groups is 1. The van der Waals surface area contributed by atoms with Gasteiger partial charge >= 0.3 is 0 Å². The van der Waals surface area contributed by atoms with Gasteiger partial charge in [0.2, 0.25) is 5.24 Å². The van der Waals surface area contributed by atoms with E-state index < -0.39 is 5.24 Å². The Hall–Kier alpha value is -1.28. The maximum atomic E-state index is 10.9. The summed E-state index contributed by atoms with van der Waals surface area (Å²) < 4.78 is 0. The van der Waals surface area contributed by atoms with Crippen LogP contribution in [0.25, 0.3) is 6.08 Å². The number of halogens is 1. The first-order valence-corrected chi connectivity index (χ1v) is 7.06. The van der Waals surface area contributed by atoms with Crippen LogP contribution < -0.4 is 0 Å². The van der Waals surface area contributed by atoms with Crippen molar-refractivity contribution in [3.05, 3.63) is 34.9 Å². The number of aromatic hydroxyl groups is 1. The molecule has 1 aromatic carbocycles. The molecule has 0 atom stereocenters. The molecule has 110 valence electrons. The van der Waals surface area contributed by atoms with Crippen molar-refractivity contribution in [2.45, 2.75) is 52.4 Å². The third kappa shape index (κ3) is 4.11. The summed E-state index contributed by atoms with van der Waals surface area (Å²) in [4.78, 5) is 10.9. The molecular weight excluding hydrogens is 272 g/mol. The van der Waals surface area contributed by atoms with Gasteiger partial charge in [0.15, 0.2) is 0 Å². The fraction of sp³-hybridized carbons (Fsp3) is 0.471.